The second-order valence-corrected chi connectivity index (χ2v) is 6.52. The Hall–Kier alpha value is -2.67. The van der Waals surface area contributed by atoms with E-state index in [1.165, 1.54) is 46.3 Å². The summed E-state index contributed by atoms with van der Waals surface area (Å²) in [6, 6.07) is 12.7. The Morgan fingerprint density at radius 1 is 1.28 bits per heavy atom. The van der Waals surface area contributed by atoms with E-state index in [4.69, 9.17) is 0 Å². The minimum atomic E-state index is -0.476. The summed E-state index contributed by atoms with van der Waals surface area (Å²) in [5.41, 5.74) is 3.08. The molecule has 0 saturated heterocycles. The topological polar surface area (TPSA) is 59.8 Å². The minimum Gasteiger partial charge on any atom is -0.325 e. The molecular weight excluding hydrogens is 339 g/mol. The van der Waals surface area contributed by atoms with Crippen LogP contribution in [-0.2, 0) is 10.5 Å². The number of hydrogen-bond acceptors (Lipinski definition) is 4. The minimum absolute atomic E-state index is 0.162. The van der Waals surface area contributed by atoms with Gasteiger partial charge in [0.1, 0.15) is 18.3 Å². The molecule has 0 fully saturated rings. The number of hydrogen-bond donors (Lipinski definition) is 1. The van der Waals surface area contributed by atoms with E-state index in [1.54, 1.807) is 12.1 Å². The molecule has 1 aromatic heterocycles. The predicted octanol–water partition coefficient (Wildman–Crippen LogP) is 3.59. The van der Waals surface area contributed by atoms with E-state index < -0.39 is 5.82 Å². The Bertz CT molecular complexity index is 867. The SMILES string of the molecule is Cc1cccc(CSCC(=O)Nc2ccc(-n3cncn3)c(F)c2)c1. The van der Waals surface area contributed by atoms with E-state index in [0.717, 1.165) is 5.75 Å². The second kappa shape index (κ2) is 7.94. The summed E-state index contributed by atoms with van der Waals surface area (Å²) in [7, 11) is 0. The molecule has 3 aromatic rings. The van der Waals surface area contributed by atoms with Gasteiger partial charge in [-0.05, 0) is 30.7 Å². The lowest BCUT2D eigenvalue weighted by Gasteiger charge is -2.08. The molecule has 0 aliphatic heterocycles. The molecule has 0 radical (unpaired) electrons. The predicted molar refractivity (Wildman–Crippen MR) is 97.3 cm³/mol. The standard InChI is InChI=1S/C18H17FN4OS/c1-13-3-2-4-14(7-13)9-25-10-18(24)22-15-5-6-17(16(19)8-15)23-12-20-11-21-23/h2-8,11-12H,9-10H2,1H3,(H,22,24). The highest BCUT2D eigenvalue weighted by molar-refractivity contribution is 7.99. The van der Waals surface area contributed by atoms with E-state index in [9.17, 15) is 9.18 Å². The summed E-state index contributed by atoms with van der Waals surface area (Å²) in [6.45, 7) is 2.04. The van der Waals surface area contributed by atoms with Crippen molar-refractivity contribution < 1.29 is 9.18 Å². The van der Waals surface area contributed by atoms with Crippen molar-refractivity contribution in [2.75, 3.05) is 11.1 Å². The monoisotopic (exact) mass is 356 g/mol. The Balaban J connectivity index is 1.53. The summed E-state index contributed by atoms with van der Waals surface area (Å²) >= 11 is 1.52. The lowest BCUT2D eigenvalue weighted by atomic mass is 10.2. The van der Waals surface area contributed by atoms with Crippen molar-refractivity contribution in [2.24, 2.45) is 0 Å². The molecule has 0 bridgehead atoms. The fourth-order valence-corrected chi connectivity index (χ4v) is 3.14. The van der Waals surface area contributed by atoms with Crippen molar-refractivity contribution in [2.45, 2.75) is 12.7 Å². The lowest BCUT2D eigenvalue weighted by Crippen LogP contribution is -2.14. The Morgan fingerprint density at radius 2 is 2.16 bits per heavy atom. The maximum Gasteiger partial charge on any atom is 0.234 e. The first kappa shape index (κ1) is 17.2. The van der Waals surface area contributed by atoms with E-state index in [2.05, 4.69) is 21.5 Å². The maximum absolute atomic E-state index is 14.1. The van der Waals surface area contributed by atoms with E-state index in [0.29, 0.717) is 11.4 Å². The van der Waals surface area contributed by atoms with Gasteiger partial charge in [0.15, 0.2) is 5.82 Å². The average Bonchev–Trinajstić information content (AvgIpc) is 3.09. The number of benzene rings is 2. The van der Waals surface area contributed by atoms with Crippen molar-refractivity contribution in [3.05, 3.63) is 72.1 Å². The Labute approximate surface area is 149 Å². The van der Waals surface area contributed by atoms with Crippen molar-refractivity contribution >= 4 is 23.4 Å². The first-order chi connectivity index (χ1) is 12.1. The molecule has 128 valence electrons. The first-order valence-corrected chi connectivity index (χ1v) is 8.85. The van der Waals surface area contributed by atoms with Gasteiger partial charge in [-0.3, -0.25) is 4.79 Å². The molecule has 0 saturated carbocycles. The van der Waals surface area contributed by atoms with Gasteiger partial charge in [-0.25, -0.2) is 14.1 Å². The van der Waals surface area contributed by atoms with E-state index >= 15 is 0 Å². The summed E-state index contributed by atoms with van der Waals surface area (Å²) < 4.78 is 15.5. The third kappa shape index (κ3) is 4.67. The van der Waals surface area contributed by atoms with Gasteiger partial charge in [0, 0.05) is 11.4 Å². The normalized spacial score (nSPS) is 10.6. The number of rotatable bonds is 6. The highest BCUT2D eigenvalue weighted by Gasteiger charge is 2.09. The average molecular weight is 356 g/mol. The van der Waals surface area contributed by atoms with Gasteiger partial charge in [-0.2, -0.15) is 5.10 Å². The summed E-state index contributed by atoms with van der Waals surface area (Å²) in [6.07, 6.45) is 2.75. The largest absolute Gasteiger partial charge is 0.325 e. The maximum atomic E-state index is 14.1. The molecule has 25 heavy (non-hydrogen) atoms. The second-order valence-electron chi connectivity index (χ2n) is 5.54. The summed E-state index contributed by atoms with van der Waals surface area (Å²) in [5, 5.41) is 6.60. The molecule has 3 rings (SSSR count). The number of aromatic nitrogens is 3. The van der Waals surface area contributed by atoms with Crippen LogP contribution in [-0.4, -0.2) is 26.4 Å². The third-order valence-electron chi connectivity index (χ3n) is 3.48. The van der Waals surface area contributed by atoms with Gasteiger partial charge in [-0.15, -0.1) is 11.8 Å². The fraction of sp³-hybridized carbons (Fsp3) is 0.167. The molecular formula is C18H17FN4OS. The van der Waals surface area contributed by atoms with Crippen LogP contribution in [0.25, 0.3) is 5.69 Å². The smallest absolute Gasteiger partial charge is 0.234 e. The van der Waals surface area contributed by atoms with Gasteiger partial charge < -0.3 is 5.32 Å². The molecule has 0 unspecified atom stereocenters. The number of halogens is 1. The number of nitrogens with zero attached hydrogens (tertiary/aromatic N) is 3. The van der Waals surface area contributed by atoms with Crippen LogP contribution in [0.5, 0.6) is 0 Å². The zero-order valence-electron chi connectivity index (χ0n) is 13.6. The summed E-state index contributed by atoms with van der Waals surface area (Å²) in [4.78, 5) is 15.8. The fourth-order valence-electron chi connectivity index (χ4n) is 2.36. The third-order valence-corrected chi connectivity index (χ3v) is 4.49. The van der Waals surface area contributed by atoms with Gasteiger partial charge in [0.25, 0.3) is 0 Å². The number of nitrogens with one attached hydrogen (secondary N) is 1. The molecule has 0 spiro atoms. The van der Waals surface area contributed by atoms with Crippen LogP contribution in [0.3, 0.4) is 0 Å². The molecule has 5 nitrogen and oxygen atoms in total. The van der Waals surface area contributed by atoms with E-state index in [-0.39, 0.29) is 11.6 Å². The van der Waals surface area contributed by atoms with Crippen LogP contribution < -0.4 is 5.32 Å². The number of thioether (sulfide) groups is 1. The molecule has 2 aromatic carbocycles. The lowest BCUT2D eigenvalue weighted by molar-refractivity contribution is -0.113. The molecule has 7 heteroatoms. The number of carbonyl (C=O) groups excluding carboxylic acids is 1. The molecule has 1 amide bonds. The first-order valence-electron chi connectivity index (χ1n) is 7.69. The molecule has 1 heterocycles. The van der Waals surface area contributed by atoms with Crippen LogP contribution in [0.4, 0.5) is 10.1 Å². The number of aryl methyl sites for hydroxylation is 1. The van der Waals surface area contributed by atoms with Crippen LogP contribution >= 0.6 is 11.8 Å². The Morgan fingerprint density at radius 3 is 2.88 bits per heavy atom. The zero-order chi connectivity index (χ0) is 17.6. The quantitative estimate of drug-likeness (QED) is 0.733. The van der Waals surface area contributed by atoms with Gasteiger partial charge in [0.2, 0.25) is 5.91 Å². The number of carbonyl (C=O) groups is 1. The highest BCUT2D eigenvalue weighted by Crippen LogP contribution is 2.18. The van der Waals surface area contributed by atoms with Crippen molar-refractivity contribution in [1.82, 2.24) is 14.8 Å². The van der Waals surface area contributed by atoms with Crippen molar-refractivity contribution in [1.29, 1.82) is 0 Å². The molecule has 0 aliphatic carbocycles. The molecule has 0 aliphatic rings. The van der Waals surface area contributed by atoms with Crippen LogP contribution in [0.2, 0.25) is 0 Å². The number of anilines is 1. The van der Waals surface area contributed by atoms with Crippen molar-refractivity contribution in [3.8, 4) is 5.69 Å². The van der Waals surface area contributed by atoms with Crippen LogP contribution in [0, 0.1) is 12.7 Å². The van der Waals surface area contributed by atoms with Gasteiger partial charge in [0.05, 0.1) is 5.75 Å². The zero-order valence-corrected chi connectivity index (χ0v) is 14.5. The van der Waals surface area contributed by atoms with E-state index in [1.807, 2.05) is 25.1 Å². The van der Waals surface area contributed by atoms with Gasteiger partial charge in [-0.1, -0.05) is 29.8 Å². The number of amides is 1. The van der Waals surface area contributed by atoms with Crippen molar-refractivity contribution in [3.63, 3.8) is 0 Å². The summed E-state index contributed by atoms with van der Waals surface area (Å²) in [5.74, 6) is 0.427. The van der Waals surface area contributed by atoms with Crippen LogP contribution in [0.15, 0.2) is 55.1 Å². The Kier molecular flexibility index (Phi) is 5.45. The van der Waals surface area contributed by atoms with Gasteiger partial charge >= 0.3 is 0 Å². The highest BCUT2D eigenvalue weighted by atomic mass is 32.2. The molecule has 1 N–H and O–H groups in total. The van der Waals surface area contributed by atoms with Crippen LogP contribution in [0.1, 0.15) is 11.1 Å². The molecule has 0 atom stereocenters.